The average molecular weight is 287 g/mol. The topological polar surface area (TPSA) is 69.1 Å². The third kappa shape index (κ3) is 2.54. The van der Waals surface area contributed by atoms with E-state index in [1.807, 2.05) is 0 Å². The Morgan fingerprint density at radius 2 is 1.65 bits per heavy atom. The number of carbonyl (C=O) groups is 1. The number of anilines is 2. The van der Waals surface area contributed by atoms with Crippen molar-refractivity contribution in [1.82, 2.24) is 0 Å². The Morgan fingerprint density at radius 3 is 2.12 bits per heavy atom. The summed E-state index contributed by atoms with van der Waals surface area (Å²) in [4.78, 5) is 12.1. The number of hydrogen-bond acceptors (Lipinski definition) is 4. The summed E-state index contributed by atoms with van der Waals surface area (Å²) in [5.74, 6) is -0.239. The Bertz CT molecular complexity index is 575. The Labute approximate surface area is 112 Å². The van der Waals surface area contributed by atoms with Crippen molar-refractivity contribution in [3.05, 3.63) is 44.1 Å². The van der Waals surface area contributed by atoms with Crippen LogP contribution in [0.1, 0.15) is 15.9 Å². The van der Waals surface area contributed by atoms with Crippen molar-refractivity contribution in [3.8, 4) is 0 Å². The first-order valence-electron chi connectivity index (χ1n) is 4.63. The minimum Gasteiger partial charge on any atom is -0.399 e. The third-order valence-electron chi connectivity index (χ3n) is 2.14. The quantitative estimate of drug-likeness (QED) is 0.656. The van der Waals surface area contributed by atoms with Crippen LogP contribution in [-0.4, -0.2) is 5.78 Å². The van der Waals surface area contributed by atoms with Crippen molar-refractivity contribution < 1.29 is 4.79 Å². The standard InChI is InChI=1S/C11H8Cl2N2OS/c12-9-4-8(11(13)17-9)10(16)5-1-6(14)3-7(15)2-5/h1-4H,14-15H2. The van der Waals surface area contributed by atoms with Gasteiger partial charge in [-0.3, -0.25) is 4.79 Å². The molecular weight excluding hydrogens is 279 g/mol. The number of benzene rings is 1. The summed E-state index contributed by atoms with van der Waals surface area (Å²) in [6.07, 6.45) is 0. The van der Waals surface area contributed by atoms with E-state index in [-0.39, 0.29) is 5.78 Å². The molecule has 0 aliphatic carbocycles. The van der Waals surface area contributed by atoms with Crippen LogP contribution in [0.25, 0.3) is 0 Å². The molecule has 0 atom stereocenters. The molecule has 0 spiro atoms. The average Bonchev–Trinajstić information content (AvgIpc) is 2.55. The van der Waals surface area contributed by atoms with E-state index in [4.69, 9.17) is 34.7 Å². The predicted molar refractivity (Wildman–Crippen MR) is 73.0 cm³/mol. The van der Waals surface area contributed by atoms with Gasteiger partial charge in [0, 0.05) is 16.9 Å². The first kappa shape index (κ1) is 12.2. The van der Waals surface area contributed by atoms with Crippen molar-refractivity contribution in [2.45, 2.75) is 0 Å². The lowest BCUT2D eigenvalue weighted by atomic mass is 10.0. The van der Waals surface area contributed by atoms with E-state index in [1.165, 1.54) is 6.07 Å². The first-order valence-corrected chi connectivity index (χ1v) is 6.20. The molecule has 1 aromatic carbocycles. The molecule has 0 saturated carbocycles. The molecule has 0 bridgehead atoms. The van der Waals surface area contributed by atoms with Crippen LogP contribution in [0.3, 0.4) is 0 Å². The summed E-state index contributed by atoms with van der Waals surface area (Å²) in [6, 6.07) is 6.23. The van der Waals surface area contributed by atoms with Crippen LogP contribution in [0.4, 0.5) is 11.4 Å². The second kappa shape index (κ2) is 4.56. The minimum atomic E-state index is -0.239. The van der Waals surface area contributed by atoms with Crippen LogP contribution in [0.5, 0.6) is 0 Å². The van der Waals surface area contributed by atoms with Crippen LogP contribution >= 0.6 is 34.5 Å². The van der Waals surface area contributed by atoms with Gasteiger partial charge in [-0.25, -0.2) is 0 Å². The molecule has 17 heavy (non-hydrogen) atoms. The number of ketones is 1. The van der Waals surface area contributed by atoms with Gasteiger partial charge in [0.15, 0.2) is 5.78 Å². The molecular formula is C11H8Cl2N2OS. The minimum absolute atomic E-state index is 0.239. The smallest absolute Gasteiger partial charge is 0.195 e. The second-order valence-electron chi connectivity index (χ2n) is 3.46. The SMILES string of the molecule is Nc1cc(N)cc(C(=O)c2cc(Cl)sc2Cl)c1. The lowest BCUT2D eigenvalue weighted by Crippen LogP contribution is -2.03. The third-order valence-corrected chi connectivity index (χ3v) is 3.63. The molecule has 4 N–H and O–H groups in total. The van der Waals surface area contributed by atoms with Crippen LogP contribution in [-0.2, 0) is 0 Å². The van der Waals surface area contributed by atoms with Gasteiger partial charge in [-0.2, -0.15) is 0 Å². The summed E-state index contributed by atoms with van der Waals surface area (Å²) < 4.78 is 0.830. The number of thiophene rings is 1. The molecule has 1 aromatic heterocycles. The van der Waals surface area contributed by atoms with E-state index < -0.39 is 0 Å². The lowest BCUT2D eigenvalue weighted by Gasteiger charge is -2.03. The molecule has 2 rings (SSSR count). The Hall–Kier alpha value is -1.23. The van der Waals surface area contributed by atoms with Gasteiger partial charge in [0.2, 0.25) is 0 Å². The van der Waals surface area contributed by atoms with Crippen LogP contribution in [0.15, 0.2) is 24.3 Å². The van der Waals surface area contributed by atoms with Crippen molar-refractivity contribution >= 4 is 51.7 Å². The molecule has 0 fully saturated rings. The van der Waals surface area contributed by atoms with Gasteiger partial charge in [-0.15, -0.1) is 11.3 Å². The largest absolute Gasteiger partial charge is 0.399 e. The zero-order valence-electron chi connectivity index (χ0n) is 8.54. The van der Waals surface area contributed by atoms with Crippen LogP contribution in [0.2, 0.25) is 8.67 Å². The summed E-state index contributed by atoms with van der Waals surface area (Å²) in [5.41, 5.74) is 12.9. The molecule has 0 aliphatic heterocycles. The summed E-state index contributed by atoms with van der Waals surface area (Å²) in [5, 5.41) is 0. The Balaban J connectivity index is 2.47. The molecule has 1 heterocycles. The van der Waals surface area contributed by atoms with E-state index in [0.29, 0.717) is 31.2 Å². The van der Waals surface area contributed by atoms with E-state index in [9.17, 15) is 4.79 Å². The highest BCUT2D eigenvalue weighted by Gasteiger charge is 2.16. The van der Waals surface area contributed by atoms with Gasteiger partial charge in [0.25, 0.3) is 0 Å². The van der Waals surface area contributed by atoms with Gasteiger partial charge >= 0.3 is 0 Å². The number of nitrogens with two attached hydrogens (primary N) is 2. The van der Waals surface area contributed by atoms with Gasteiger partial charge in [0.05, 0.1) is 9.90 Å². The fraction of sp³-hybridized carbons (Fsp3) is 0. The van der Waals surface area contributed by atoms with Gasteiger partial charge in [-0.05, 0) is 24.3 Å². The highest BCUT2D eigenvalue weighted by molar-refractivity contribution is 7.20. The van der Waals surface area contributed by atoms with E-state index in [0.717, 1.165) is 11.3 Å². The van der Waals surface area contributed by atoms with Crippen molar-refractivity contribution in [2.75, 3.05) is 11.5 Å². The van der Waals surface area contributed by atoms with E-state index in [2.05, 4.69) is 0 Å². The van der Waals surface area contributed by atoms with Crippen LogP contribution < -0.4 is 11.5 Å². The maximum absolute atomic E-state index is 12.1. The summed E-state index contributed by atoms with van der Waals surface area (Å²) in [6.45, 7) is 0. The highest BCUT2D eigenvalue weighted by atomic mass is 35.5. The monoisotopic (exact) mass is 286 g/mol. The second-order valence-corrected chi connectivity index (χ2v) is 5.74. The molecule has 3 nitrogen and oxygen atoms in total. The molecule has 88 valence electrons. The molecule has 0 radical (unpaired) electrons. The number of halogens is 2. The summed E-state index contributed by atoms with van der Waals surface area (Å²) in [7, 11) is 0. The molecule has 0 aliphatic rings. The lowest BCUT2D eigenvalue weighted by molar-refractivity contribution is 0.103. The molecule has 0 unspecified atom stereocenters. The first-order chi connectivity index (χ1) is 7.97. The van der Waals surface area contributed by atoms with E-state index in [1.54, 1.807) is 18.2 Å². The fourth-order valence-electron chi connectivity index (χ4n) is 1.46. The maximum atomic E-state index is 12.1. The predicted octanol–water partition coefficient (Wildman–Crippen LogP) is 3.45. The van der Waals surface area contributed by atoms with Gasteiger partial charge in [0.1, 0.15) is 4.34 Å². The van der Waals surface area contributed by atoms with E-state index >= 15 is 0 Å². The van der Waals surface area contributed by atoms with Crippen LogP contribution in [0, 0.1) is 0 Å². The number of nitrogen functional groups attached to an aromatic ring is 2. The molecule has 6 heteroatoms. The normalized spacial score (nSPS) is 10.5. The number of carbonyl (C=O) groups excluding carboxylic acids is 1. The number of rotatable bonds is 2. The zero-order valence-corrected chi connectivity index (χ0v) is 10.9. The van der Waals surface area contributed by atoms with Crippen molar-refractivity contribution in [2.24, 2.45) is 0 Å². The van der Waals surface area contributed by atoms with Crippen molar-refractivity contribution in [3.63, 3.8) is 0 Å². The summed E-state index contributed by atoms with van der Waals surface area (Å²) >= 11 is 12.9. The fourth-order valence-corrected chi connectivity index (χ4v) is 2.92. The zero-order chi connectivity index (χ0) is 12.6. The Kier molecular flexibility index (Phi) is 3.28. The highest BCUT2D eigenvalue weighted by Crippen LogP contribution is 2.33. The van der Waals surface area contributed by atoms with Crippen molar-refractivity contribution in [1.29, 1.82) is 0 Å². The Morgan fingerprint density at radius 1 is 1.06 bits per heavy atom. The number of hydrogen-bond donors (Lipinski definition) is 2. The molecule has 0 saturated heterocycles. The van der Waals surface area contributed by atoms with Gasteiger partial charge < -0.3 is 11.5 Å². The molecule has 2 aromatic rings. The van der Waals surface area contributed by atoms with Gasteiger partial charge in [-0.1, -0.05) is 23.2 Å². The molecule has 0 amide bonds. The maximum Gasteiger partial charge on any atom is 0.195 e.